The highest BCUT2D eigenvalue weighted by atomic mass is 32.2. The molecule has 27 heavy (non-hydrogen) atoms. The predicted molar refractivity (Wildman–Crippen MR) is 97.4 cm³/mol. The molecule has 2 aromatic rings. The number of halogens is 1. The van der Waals surface area contributed by atoms with Gasteiger partial charge >= 0.3 is 5.97 Å². The minimum Gasteiger partial charge on any atom is -0.478 e. The van der Waals surface area contributed by atoms with Crippen LogP contribution in [0.25, 0.3) is 0 Å². The van der Waals surface area contributed by atoms with Gasteiger partial charge in [-0.05, 0) is 18.2 Å². The molecule has 0 bridgehead atoms. The van der Waals surface area contributed by atoms with Crippen LogP contribution in [0.5, 0.6) is 0 Å². The van der Waals surface area contributed by atoms with Crippen molar-refractivity contribution in [2.45, 2.75) is 19.4 Å². The summed E-state index contributed by atoms with van der Waals surface area (Å²) in [5.41, 5.74) is 0.234. The van der Waals surface area contributed by atoms with Crippen molar-refractivity contribution in [3.8, 4) is 0 Å². The summed E-state index contributed by atoms with van der Waals surface area (Å²) in [6.45, 7) is 1.72. The van der Waals surface area contributed by atoms with Crippen LogP contribution in [0.15, 0.2) is 34.7 Å². The summed E-state index contributed by atoms with van der Waals surface area (Å²) >= 11 is 1.39. The molecule has 1 unspecified atom stereocenters. The van der Waals surface area contributed by atoms with Gasteiger partial charge in [-0.2, -0.15) is 0 Å². The maximum Gasteiger partial charge on any atom is 0.339 e. The lowest BCUT2D eigenvalue weighted by atomic mass is 10.2. The van der Waals surface area contributed by atoms with Gasteiger partial charge in [0.05, 0.1) is 5.88 Å². The highest BCUT2D eigenvalue weighted by molar-refractivity contribution is 7.99. The Morgan fingerprint density at radius 2 is 2.15 bits per heavy atom. The topological polar surface area (TPSA) is 99.9 Å². The number of rotatable bonds is 5. The molecule has 0 spiro atoms. The van der Waals surface area contributed by atoms with Gasteiger partial charge in [0, 0.05) is 23.9 Å². The average molecular weight is 392 g/mol. The van der Waals surface area contributed by atoms with Gasteiger partial charge in [-0.3, -0.25) is 9.59 Å². The van der Waals surface area contributed by atoms with Crippen molar-refractivity contribution in [3.05, 3.63) is 53.2 Å². The summed E-state index contributed by atoms with van der Waals surface area (Å²) in [6, 6.07) is 5.89. The normalized spacial score (nSPS) is 16.4. The standard InChI is InChI=1S/C18H17FN2O5S/c1-2-14-12(18(24)25)7-15(26-14)17(23)21-9-27-8-13(21)16(22)20-11-5-3-4-10(19)6-11/h3-7,13H,2,8-9H2,1H3,(H,20,22)(H,24,25). The number of carbonyl (C=O) groups excluding carboxylic acids is 2. The van der Waals surface area contributed by atoms with Gasteiger partial charge in [0.25, 0.3) is 5.91 Å². The smallest absolute Gasteiger partial charge is 0.339 e. The van der Waals surface area contributed by atoms with Crippen LogP contribution >= 0.6 is 11.8 Å². The van der Waals surface area contributed by atoms with E-state index in [1.807, 2.05) is 0 Å². The molecular weight excluding hydrogens is 375 g/mol. The van der Waals surface area contributed by atoms with Crippen molar-refractivity contribution in [2.75, 3.05) is 16.9 Å². The van der Waals surface area contributed by atoms with Crippen LogP contribution in [0.4, 0.5) is 10.1 Å². The molecule has 0 saturated carbocycles. The predicted octanol–water partition coefficient (Wildman–Crippen LogP) is 2.83. The number of carboxylic acids is 1. The van der Waals surface area contributed by atoms with E-state index in [1.54, 1.807) is 13.0 Å². The second-order valence-corrected chi connectivity index (χ2v) is 6.90. The summed E-state index contributed by atoms with van der Waals surface area (Å²) in [7, 11) is 0. The van der Waals surface area contributed by atoms with Gasteiger partial charge < -0.3 is 19.7 Å². The Morgan fingerprint density at radius 3 is 2.78 bits per heavy atom. The Morgan fingerprint density at radius 1 is 1.37 bits per heavy atom. The highest BCUT2D eigenvalue weighted by Crippen LogP contribution is 2.26. The number of carbonyl (C=O) groups is 3. The lowest BCUT2D eigenvalue weighted by Crippen LogP contribution is -2.44. The fraction of sp³-hybridized carbons (Fsp3) is 0.278. The Bertz CT molecular complexity index is 898. The van der Waals surface area contributed by atoms with Gasteiger partial charge in [-0.25, -0.2) is 9.18 Å². The van der Waals surface area contributed by atoms with Gasteiger partial charge in [-0.1, -0.05) is 13.0 Å². The zero-order valence-corrected chi connectivity index (χ0v) is 15.2. The van der Waals surface area contributed by atoms with Gasteiger partial charge in [0.2, 0.25) is 5.91 Å². The number of amides is 2. The van der Waals surface area contributed by atoms with E-state index in [2.05, 4.69) is 5.32 Å². The summed E-state index contributed by atoms with van der Waals surface area (Å²) in [5.74, 6) is -1.92. The number of aromatic carboxylic acids is 1. The van der Waals surface area contributed by atoms with Crippen LogP contribution in [0.1, 0.15) is 33.6 Å². The number of anilines is 1. The highest BCUT2D eigenvalue weighted by Gasteiger charge is 2.37. The molecule has 0 aliphatic carbocycles. The minimum absolute atomic E-state index is 0.0616. The molecule has 1 saturated heterocycles. The van der Waals surface area contributed by atoms with Crippen molar-refractivity contribution in [1.82, 2.24) is 4.90 Å². The van der Waals surface area contributed by atoms with Crippen LogP contribution in [0.3, 0.4) is 0 Å². The second-order valence-electron chi connectivity index (χ2n) is 5.90. The van der Waals surface area contributed by atoms with Crippen LogP contribution in [0, 0.1) is 5.82 Å². The Balaban J connectivity index is 1.78. The lowest BCUT2D eigenvalue weighted by molar-refractivity contribution is -0.119. The molecule has 2 N–H and O–H groups in total. The zero-order valence-electron chi connectivity index (χ0n) is 14.4. The maximum absolute atomic E-state index is 13.3. The van der Waals surface area contributed by atoms with E-state index in [1.165, 1.54) is 40.9 Å². The first kappa shape index (κ1) is 19.0. The number of hydrogen-bond acceptors (Lipinski definition) is 5. The first-order valence-electron chi connectivity index (χ1n) is 8.21. The van der Waals surface area contributed by atoms with Crippen molar-refractivity contribution in [1.29, 1.82) is 0 Å². The van der Waals surface area contributed by atoms with Crippen LogP contribution < -0.4 is 5.32 Å². The fourth-order valence-electron chi connectivity index (χ4n) is 2.77. The van der Waals surface area contributed by atoms with E-state index in [4.69, 9.17) is 4.42 Å². The molecule has 0 radical (unpaired) electrons. The van der Waals surface area contributed by atoms with Crippen LogP contribution in [-0.4, -0.2) is 45.5 Å². The molecule has 7 nitrogen and oxygen atoms in total. The van der Waals surface area contributed by atoms with E-state index in [0.29, 0.717) is 17.9 Å². The first-order chi connectivity index (χ1) is 12.9. The SMILES string of the molecule is CCc1oc(C(=O)N2CSCC2C(=O)Nc2cccc(F)c2)cc1C(=O)O. The van der Waals surface area contributed by atoms with E-state index in [0.717, 1.165) is 0 Å². The molecule has 142 valence electrons. The first-order valence-corrected chi connectivity index (χ1v) is 9.37. The van der Waals surface area contributed by atoms with Crippen molar-refractivity contribution < 1.29 is 28.3 Å². The lowest BCUT2D eigenvalue weighted by Gasteiger charge is -2.22. The molecule has 1 aromatic carbocycles. The van der Waals surface area contributed by atoms with Gasteiger partial charge in [0.15, 0.2) is 5.76 Å². The molecule has 1 aliphatic rings. The Kier molecular flexibility index (Phi) is 5.50. The van der Waals surface area contributed by atoms with E-state index >= 15 is 0 Å². The van der Waals surface area contributed by atoms with E-state index < -0.39 is 29.6 Å². The number of hydrogen-bond donors (Lipinski definition) is 2. The third-order valence-corrected chi connectivity index (χ3v) is 5.12. The largest absolute Gasteiger partial charge is 0.478 e. The minimum atomic E-state index is -1.18. The summed E-state index contributed by atoms with van der Waals surface area (Å²) in [5, 5.41) is 11.8. The quantitative estimate of drug-likeness (QED) is 0.812. The van der Waals surface area contributed by atoms with Gasteiger partial charge in [-0.15, -0.1) is 11.8 Å². The number of thioether (sulfide) groups is 1. The summed E-state index contributed by atoms with van der Waals surface area (Å²) in [4.78, 5) is 37.9. The number of furan rings is 1. The summed E-state index contributed by atoms with van der Waals surface area (Å²) < 4.78 is 18.7. The Labute approximate surface area is 158 Å². The fourth-order valence-corrected chi connectivity index (χ4v) is 3.93. The molecular formula is C18H17FN2O5S. The van der Waals surface area contributed by atoms with Crippen LogP contribution in [-0.2, 0) is 11.2 Å². The third-order valence-electron chi connectivity index (χ3n) is 4.11. The molecule has 3 rings (SSSR count). The second kappa shape index (κ2) is 7.83. The van der Waals surface area contributed by atoms with E-state index in [-0.39, 0.29) is 23.0 Å². The molecule has 1 aromatic heterocycles. The third kappa shape index (κ3) is 3.97. The van der Waals surface area contributed by atoms with Crippen molar-refractivity contribution >= 4 is 35.2 Å². The van der Waals surface area contributed by atoms with Crippen molar-refractivity contribution in [3.63, 3.8) is 0 Å². The van der Waals surface area contributed by atoms with E-state index in [9.17, 15) is 23.9 Å². The monoisotopic (exact) mass is 392 g/mol. The molecule has 9 heteroatoms. The molecule has 2 heterocycles. The van der Waals surface area contributed by atoms with Crippen LogP contribution in [0.2, 0.25) is 0 Å². The average Bonchev–Trinajstić information content (AvgIpc) is 3.28. The van der Waals surface area contributed by atoms with Gasteiger partial charge in [0.1, 0.15) is 23.2 Å². The molecule has 1 atom stereocenters. The maximum atomic E-state index is 13.3. The summed E-state index contributed by atoms with van der Waals surface area (Å²) in [6.07, 6.45) is 0.327. The zero-order chi connectivity index (χ0) is 19.6. The molecule has 1 fully saturated rings. The number of carboxylic acid groups (broad SMARTS) is 1. The van der Waals surface area contributed by atoms with Crippen molar-refractivity contribution in [2.24, 2.45) is 0 Å². The Hall–Kier alpha value is -2.81. The molecule has 1 aliphatic heterocycles. The number of nitrogens with zero attached hydrogens (tertiary/aromatic N) is 1. The number of aryl methyl sites for hydroxylation is 1. The number of benzene rings is 1. The number of nitrogens with one attached hydrogen (secondary N) is 1. The molecule has 2 amide bonds.